The van der Waals surface area contributed by atoms with Gasteiger partial charge in [0.05, 0.1) is 26.4 Å². The van der Waals surface area contributed by atoms with Crippen LogP contribution in [0, 0.1) is 5.92 Å². The minimum Gasteiger partial charge on any atom is -0.394 e. The lowest BCUT2D eigenvalue weighted by Gasteiger charge is -2.32. The zero-order chi connectivity index (χ0) is 27.0. The molecule has 0 rings (SSSR count). The summed E-state index contributed by atoms with van der Waals surface area (Å²) in [7, 11) is -2.91. The molecule has 2 unspecified atom stereocenters. The van der Waals surface area contributed by atoms with Gasteiger partial charge in [-0.3, -0.25) is 0 Å². The van der Waals surface area contributed by atoms with Crippen LogP contribution in [0.3, 0.4) is 0 Å². The highest BCUT2D eigenvalue weighted by atomic mass is 35.5. The Morgan fingerprint density at radius 2 is 1.14 bits per heavy atom. The molecule has 0 aliphatic rings. The number of hydrogen-bond acceptors (Lipinski definition) is 5. The highest BCUT2D eigenvalue weighted by Gasteiger charge is 2.41. The lowest BCUT2D eigenvalue weighted by molar-refractivity contribution is 0.0388. The first-order chi connectivity index (χ1) is 17.4. The van der Waals surface area contributed by atoms with Crippen molar-refractivity contribution in [3.8, 4) is 0 Å². The number of aliphatic hydroxyl groups excluding tert-OH is 2. The maximum atomic E-state index is 9.19. The molecule has 2 N–H and O–H groups in total. The summed E-state index contributed by atoms with van der Waals surface area (Å²) < 4.78 is 17.6. The van der Waals surface area contributed by atoms with Gasteiger partial charge < -0.3 is 23.5 Å². The Kier molecular flexibility index (Phi) is 24.6. The van der Waals surface area contributed by atoms with Gasteiger partial charge in [0.25, 0.3) is 0 Å². The van der Waals surface area contributed by atoms with Crippen molar-refractivity contribution >= 4 is 20.4 Å². The Morgan fingerprint density at radius 3 is 1.56 bits per heavy atom. The molecule has 0 aromatic rings. The van der Waals surface area contributed by atoms with E-state index >= 15 is 0 Å². The molecule has 0 spiro atoms. The molecule has 7 heteroatoms. The van der Waals surface area contributed by atoms with Crippen LogP contribution >= 0.6 is 11.6 Å². The van der Waals surface area contributed by atoms with Crippen molar-refractivity contribution in [2.45, 2.75) is 148 Å². The molecule has 0 aliphatic heterocycles. The second-order valence-electron chi connectivity index (χ2n) is 10.7. The first-order valence-corrected chi connectivity index (χ1v) is 17.5. The molecule has 5 nitrogen and oxygen atoms in total. The van der Waals surface area contributed by atoms with Crippen LogP contribution in [-0.4, -0.2) is 56.9 Å². The van der Waals surface area contributed by atoms with Gasteiger partial charge in [-0.1, -0.05) is 104 Å². The summed E-state index contributed by atoms with van der Waals surface area (Å²) in [6, 6.07) is 0.648. The van der Waals surface area contributed by atoms with E-state index in [4.69, 9.17) is 24.9 Å². The van der Waals surface area contributed by atoms with E-state index in [1.807, 2.05) is 6.92 Å². The van der Waals surface area contributed by atoms with Crippen molar-refractivity contribution in [2.75, 3.05) is 33.0 Å². The van der Waals surface area contributed by atoms with Gasteiger partial charge in [-0.15, -0.1) is 11.6 Å². The zero-order valence-corrected chi connectivity index (χ0v) is 26.1. The van der Waals surface area contributed by atoms with Crippen molar-refractivity contribution in [2.24, 2.45) is 5.92 Å². The minimum absolute atomic E-state index is 0.0756. The molecule has 0 aromatic heterocycles. The molecule has 0 radical (unpaired) electrons. The second-order valence-corrected chi connectivity index (χ2v) is 14.3. The van der Waals surface area contributed by atoms with Crippen LogP contribution in [0.25, 0.3) is 0 Å². The quantitative estimate of drug-likeness (QED) is 0.0580. The summed E-state index contributed by atoms with van der Waals surface area (Å²) in [5.74, 6) is 0.441. The summed E-state index contributed by atoms with van der Waals surface area (Å²) in [6.07, 6.45) is 22.2. The average Bonchev–Trinajstić information content (AvgIpc) is 2.86. The molecule has 0 bridgehead atoms. The molecule has 0 saturated heterocycles. The van der Waals surface area contributed by atoms with E-state index in [0.29, 0.717) is 18.6 Å². The van der Waals surface area contributed by atoms with Crippen molar-refractivity contribution < 1.29 is 23.5 Å². The molecule has 0 heterocycles. The standard InChI is InChI=1S/C29H61ClO5Si/c1-5-7-8-9-10-11-12-13-14-15-16-17-18-19-21-28(3)29(4,30)22-20-27-36(33-6-2,34-25-23-31)35-26-24-32/h28,31-32H,5-27H2,1-4H3. The number of aliphatic hydroxyl groups is 2. The summed E-state index contributed by atoms with van der Waals surface area (Å²) >= 11 is 6.97. The molecule has 0 amide bonds. The summed E-state index contributed by atoms with van der Waals surface area (Å²) in [5, 5.41) is 18.4. The fourth-order valence-corrected chi connectivity index (χ4v) is 7.59. The van der Waals surface area contributed by atoms with Crippen molar-refractivity contribution in [3.05, 3.63) is 0 Å². The molecule has 0 fully saturated rings. The van der Waals surface area contributed by atoms with E-state index < -0.39 is 8.80 Å². The monoisotopic (exact) mass is 552 g/mol. The number of rotatable bonds is 28. The van der Waals surface area contributed by atoms with E-state index in [-0.39, 0.29) is 31.3 Å². The smallest absolute Gasteiger partial charge is 0.394 e. The Morgan fingerprint density at radius 1 is 0.694 bits per heavy atom. The molecular formula is C29H61ClO5Si. The van der Waals surface area contributed by atoms with Crippen LogP contribution in [0.1, 0.15) is 137 Å². The lowest BCUT2D eigenvalue weighted by Crippen LogP contribution is -2.47. The Bertz CT molecular complexity index is 459. The third-order valence-electron chi connectivity index (χ3n) is 7.36. The first kappa shape index (κ1) is 36.3. The minimum atomic E-state index is -2.91. The highest BCUT2D eigenvalue weighted by Crippen LogP contribution is 2.35. The number of unbranched alkanes of at least 4 members (excludes halogenated alkanes) is 13. The SMILES string of the molecule is CCCCCCCCCCCCCCCCC(C)C(C)(Cl)CCC[Si](OCC)(OCCO)OCCO. The molecule has 36 heavy (non-hydrogen) atoms. The van der Waals surface area contributed by atoms with Gasteiger partial charge >= 0.3 is 8.80 Å². The van der Waals surface area contributed by atoms with Gasteiger partial charge in [0.1, 0.15) is 0 Å². The molecule has 218 valence electrons. The van der Waals surface area contributed by atoms with Crippen LogP contribution in [0.2, 0.25) is 6.04 Å². The van der Waals surface area contributed by atoms with Gasteiger partial charge in [-0.25, -0.2) is 0 Å². The van der Waals surface area contributed by atoms with E-state index in [1.54, 1.807) is 0 Å². The van der Waals surface area contributed by atoms with Gasteiger partial charge in [-0.05, 0) is 39.0 Å². The Labute approximate surface area is 230 Å². The molecule has 2 atom stereocenters. The largest absolute Gasteiger partial charge is 0.501 e. The Balaban J connectivity index is 4.02. The zero-order valence-electron chi connectivity index (χ0n) is 24.3. The maximum absolute atomic E-state index is 9.19. The van der Waals surface area contributed by atoms with Gasteiger partial charge in [0, 0.05) is 17.5 Å². The molecule has 0 aliphatic carbocycles. The predicted molar refractivity (Wildman–Crippen MR) is 156 cm³/mol. The van der Waals surface area contributed by atoms with Crippen molar-refractivity contribution in [3.63, 3.8) is 0 Å². The number of halogens is 1. The maximum Gasteiger partial charge on any atom is 0.501 e. The molecular weight excluding hydrogens is 492 g/mol. The van der Waals surface area contributed by atoms with Gasteiger partial charge in [0.15, 0.2) is 0 Å². The highest BCUT2D eigenvalue weighted by molar-refractivity contribution is 6.60. The summed E-state index contributed by atoms with van der Waals surface area (Å²) in [6.45, 7) is 9.32. The van der Waals surface area contributed by atoms with Crippen molar-refractivity contribution in [1.82, 2.24) is 0 Å². The lowest BCUT2D eigenvalue weighted by atomic mass is 9.86. The third-order valence-corrected chi connectivity index (χ3v) is 10.9. The van der Waals surface area contributed by atoms with Gasteiger partial charge in [-0.2, -0.15) is 0 Å². The van der Waals surface area contributed by atoms with E-state index in [0.717, 1.165) is 19.3 Å². The Hall–Kier alpha value is 0.307. The third kappa shape index (κ3) is 19.4. The normalized spacial score (nSPS) is 14.8. The van der Waals surface area contributed by atoms with Crippen LogP contribution in [-0.2, 0) is 13.3 Å². The molecule has 0 aromatic carbocycles. The van der Waals surface area contributed by atoms with E-state index in [2.05, 4.69) is 20.8 Å². The topological polar surface area (TPSA) is 68.2 Å². The fraction of sp³-hybridized carbons (Fsp3) is 1.00. The van der Waals surface area contributed by atoms with E-state index in [9.17, 15) is 10.2 Å². The fourth-order valence-electron chi connectivity index (χ4n) is 4.81. The summed E-state index contributed by atoms with van der Waals surface area (Å²) in [4.78, 5) is -0.267. The van der Waals surface area contributed by atoms with Crippen LogP contribution in [0.15, 0.2) is 0 Å². The van der Waals surface area contributed by atoms with Crippen LogP contribution in [0.4, 0.5) is 0 Å². The summed E-state index contributed by atoms with van der Waals surface area (Å²) in [5.41, 5.74) is 0. The second kappa shape index (κ2) is 24.4. The molecule has 0 saturated carbocycles. The first-order valence-electron chi connectivity index (χ1n) is 15.2. The van der Waals surface area contributed by atoms with Crippen LogP contribution in [0.5, 0.6) is 0 Å². The van der Waals surface area contributed by atoms with Crippen molar-refractivity contribution in [1.29, 1.82) is 0 Å². The average molecular weight is 553 g/mol. The number of alkyl halides is 1. The van der Waals surface area contributed by atoms with Gasteiger partial charge in [0.2, 0.25) is 0 Å². The predicted octanol–water partition coefficient (Wildman–Crippen LogP) is 8.26. The van der Waals surface area contributed by atoms with Crippen LogP contribution < -0.4 is 0 Å². The van der Waals surface area contributed by atoms with E-state index in [1.165, 1.54) is 89.9 Å². The number of hydrogen-bond donors (Lipinski definition) is 2.